The van der Waals surface area contributed by atoms with Crippen molar-refractivity contribution in [2.45, 2.75) is 11.4 Å². The van der Waals surface area contributed by atoms with Gasteiger partial charge >= 0.3 is 0 Å². The van der Waals surface area contributed by atoms with Crippen LogP contribution in [0.1, 0.15) is 15.9 Å². The highest BCUT2D eigenvalue weighted by Gasteiger charge is 2.21. The lowest BCUT2D eigenvalue weighted by atomic mass is 10.1. The number of anilines is 1. The Hall–Kier alpha value is -3.91. The lowest BCUT2D eigenvalue weighted by Crippen LogP contribution is -2.27. The molecule has 4 aromatic rings. The molecule has 3 aromatic carbocycles. The maximum absolute atomic E-state index is 12.8. The number of carbonyl (C=O) groups excluding carboxylic acids is 1. The molecule has 0 spiro atoms. The van der Waals surface area contributed by atoms with Crippen LogP contribution >= 0.6 is 0 Å². The van der Waals surface area contributed by atoms with Gasteiger partial charge in [-0.3, -0.25) is 9.10 Å². The number of carbonyl (C=O) groups is 1. The van der Waals surface area contributed by atoms with Gasteiger partial charge in [0.25, 0.3) is 15.9 Å². The number of aromatic nitrogens is 2. The van der Waals surface area contributed by atoms with Crippen LogP contribution in [0.2, 0.25) is 0 Å². The largest absolute Gasteiger partial charge is 0.348 e. The Morgan fingerprint density at radius 2 is 1.66 bits per heavy atom. The summed E-state index contributed by atoms with van der Waals surface area (Å²) in [6, 6.07) is 22.5. The molecule has 1 aromatic heterocycles. The highest BCUT2D eigenvalue weighted by molar-refractivity contribution is 7.92. The molecule has 32 heavy (non-hydrogen) atoms. The molecule has 0 saturated carbocycles. The van der Waals surface area contributed by atoms with Gasteiger partial charge in [0.05, 0.1) is 16.9 Å². The average molecular weight is 447 g/mol. The van der Waals surface area contributed by atoms with Crippen molar-refractivity contribution in [2.24, 2.45) is 0 Å². The lowest BCUT2D eigenvalue weighted by molar-refractivity contribution is 0.0951. The van der Waals surface area contributed by atoms with Crippen molar-refractivity contribution in [3.05, 3.63) is 109 Å². The molecule has 0 fully saturated rings. The minimum atomic E-state index is -3.66. The molecule has 1 amide bonds. The van der Waals surface area contributed by atoms with Gasteiger partial charge in [-0.25, -0.2) is 13.4 Å². The highest BCUT2D eigenvalue weighted by atomic mass is 32.2. The molecular weight excluding hydrogens is 424 g/mol. The second-order valence-corrected chi connectivity index (χ2v) is 9.12. The number of hydrogen-bond donors (Lipinski definition) is 1. The van der Waals surface area contributed by atoms with Gasteiger partial charge in [-0.05, 0) is 54.1 Å². The molecule has 0 aliphatic carbocycles. The zero-order valence-corrected chi connectivity index (χ0v) is 18.2. The van der Waals surface area contributed by atoms with Gasteiger partial charge in [0.15, 0.2) is 0 Å². The van der Waals surface area contributed by atoms with Crippen molar-refractivity contribution in [1.29, 1.82) is 0 Å². The fourth-order valence-electron chi connectivity index (χ4n) is 3.19. The molecule has 162 valence electrons. The number of benzene rings is 3. The molecule has 0 bridgehead atoms. The first-order chi connectivity index (χ1) is 15.4. The summed E-state index contributed by atoms with van der Waals surface area (Å²) in [6.07, 6.45) is 5.31. The van der Waals surface area contributed by atoms with Crippen LogP contribution in [0.5, 0.6) is 0 Å². The molecule has 4 rings (SSSR count). The van der Waals surface area contributed by atoms with Crippen molar-refractivity contribution in [3.8, 4) is 5.69 Å². The van der Waals surface area contributed by atoms with E-state index in [4.69, 9.17) is 0 Å². The van der Waals surface area contributed by atoms with Crippen LogP contribution in [0.3, 0.4) is 0 Å². The number of amides is 1. The first kappa shape index (κ1) is 21.3. The van der Waals surface area contributed by atoms with Crippen molar-refractivity contribution < 1.29 is 13.2 Å². The maximum atomic E-state index is 12.8. The molecule has 0 unspecified atom stereocenters. The van der Waals surface area contributed by atoms with E-state index in [2.05, 4.69) is 10.3 Å². The van der Waals surface area contributed by atoms with Crippen LogP contribution in [-0.2, 0) is 16.6 Å². The van der Waals surface area contributed by atoms with Gasteiger partial charge in [0.2, 0.25) is 0 Å². The van der Waals surface area contributed by atoms with Crippen LogP contribution in [0.25, 0.3) is 5.69 Å². The zero-order valence-electron chi connectivity index (χ0n) is 17.4. The van der Waals surface area contributed by atoms with Gasteiger partial charge in [-0.2, -0.15) is 0 Å². The SMILES string of the molecule is CN(c1ccc(C(=O)NCc2ccc(-n3ccnc3)cc2)cc1)S(=O)(=O)c1ccccc1. The Morgan fingerprint density at radius 3 is 2.28 bits per heavy atom. The van der Waals surface area contributed by atoms with Gasteiger partial charge in [-0.1, -0.05) is 30.3 Å². The summed E-state index contributed by atoms with van der Waals surface area (Å²) in [7, 11) is -2.17. The molecule has 0 atom stereocenters. The molecule has 0 radical (unpaired) electrons. The normalized spacial score (nSPS) is 11.2. The summed E-state index contributed by atoms with van der Waals surface area (Å²) < 4.78 is 28.6. The van der Waals surface area contributed by atoms with Crippen molar-refractivity contribution in [1.82, 2.24) is 14.9 Å². The standard InChI is InChI=1S/C24H22N4O3S/c1-27(32(30,31)23-5-3-2-4-6-23)21-13-9-20(10-14-21)24(29)26-17-19-7-11-22(12-8-19)28-16-15-25-18-28/h2-16,18H,17H2,1H3,(H,26,29). The molecule has 1 heterocycles. The number of hydrogen-bond acceptors (Lipinski definition) is 4. The summed E-state index contributed by atoms with van der Waals surface area (Å²) in [5.74, 6) is -0.233. The van der Waals surface area contributed by atoms with E-state index >= 15 is 0 Å². The lowest BCUT2D eigenvalue weighted by Gasteiger charge is -2.19. The van der Waals surface area contributed by atoms with E-state index in [0.717, 1.165) is 11.3 Å². The Kier molecular flexibility index (Phi) is 6.04. The molecule has 7 nitrogen and oxygen atoms in total. The third-order valence-corrected chi connectivity index (χ3v) is 6.89. The van der Waals surface area contributed by atoms with Gasteiger partial charge in [0.1, 0.15) is 0 Å². The minimum Gasteiger partial charge on any atom is -0.348 e. The minimum absolute atomic E-state index is 0.211. The van der Waals surface area contributed by atoms with E-state index in [1.54, 1.807) is 67.1 Å². The summed E-state index contributed by atoms with van der Waals surface area (Å²) in [6.45, 7) is 0.382. The van der Waals surface area contributed by atoms with Crippen LogP contribution in [-0.4, -0.2) is 30.9 Å². The smallest absolute Gasteiger partial charge is 0.264 e. The summed E-state index contributed by atoms with van der Waals surface area (Å²) >= 11 is 0. The molecule has 0 aliphatic rings. The van der Waals surface area contributed by atoms with E-state index in [-0.39, 0.29) is 10.8 Å². The van der Waals surface area contributed by atoms with Crippen LogP contribution in [0.4, 0.5) is 5.69 Å². The fraction of sp³-hybridized carbons (Fsp3) is 0.0833. The first-order valence-corrected chi connectivity index (χ1v) is 11.4. The van der Waals surface area contributed by atoms with E-state index in [9.17, 15) is 13.2 Å². The quantitative estimate of drug-likeness (QED) is 0.470. The second kappa shape index (κ2) is 9.07. The van der Waals surface area contributed by atoms with Crippen LogP contribution in [0, 0.1) is 0 Å². The summed E-state index contributed by atoms with van der Waals surface area (Å²) in [5, 5.41) is 2.88. The average Bonchev–Trinajstić information content (AvgIpc) is 3.38. The molecule has 1 N–H and O–H groups in total. The third kappa shape index (κ3) is 4.55. The van der Waals surface area contributed by atoms with Crippen LogP contribution in [0.15, 0.2) is 102 Å². The zero-order chi connectivity index (χ0) is 22.6. The topological polar surface area (TPSA) is 84.3 Å². The summed E-state index contributed by atoms with van der Waals surface area (Å²) in [5.41, 5.74) is 2.88. The Balaban J connectivity index is 1.39. The highest BCUT2D eigenvalue weighted by Crippen LogP contribution is 2.22. The van der Waals surface area contributed by atoms with Crippen molar-refractivity contribution >= 4 is 21.6 Å². The number of nitrogens with one attached hydrogen (secondary N) is 1. The van der Waals surface area contributed by atoms with Crippen molar-refractivity contribution in [3.63, 3.8) is 0 Å². The Bertz CT molecular complexity index is 1290. The van der Waals surface area contributed by atoms with Gasteiger partial charge in [-0.15, -0.1) is 0 Å². The number of sulfonamides is 1. The molecule has 0 saturated heterocycles. The predicted molar refractivity (Wildman–Crippen MR) is 123 cm³/mol. The predicted octanol–water partition coefficient (Wildman–Crippen LogP) is 3.63. The van der Waals surface area contributed by atoms with Crippen molar-refractivity contribution in [2.75, 3.05) is 11.4 Å². The molecule has 0 aliphatic heterocycles. The fourth-order valence-corrected chi connectivity index (χ4v) is 4.41. The van der Waals surface area contributed by atoms with E-state index in [1.165, 1.54) is 11.4 Å². The maximum Gasteiger partial charge on any atom is 0.264 e. The van der Waals surface area contributed by atoms with E-state index in [0.29, 0.717) is 17.8 Å². The third-order valence-electron chi connectivity index (χ3n) is 5.09. The monoisotopic (exact) mass is 446 g/mol. The van der Waals surface area contributed by atoms with Crippen LogP contribution < -0.4 is 9.62 Å². The number of rotatable bonds is 7. The first-order valence-electron chi connectivity index (χ1n) is 9.95. The number of nitrogens with zero attached hydrogens (tertiary/aromatic N) is 3. The molecular formula is C24H22N4O3S. The number of imidazole rings is 1. The summed E-state index contributed by atoms with van der Waals surface area (Å²) in [4.78, 5) is 16.8. The molecule has 8 heteroatoms. The van der Waals surface area contributed by atoms with Gasteiger partial charge < -0.3 is 9.88 Å². The van der Waals surface area contributed by atoms with Gasteiger partial charge in [0, 0.05) is 37.2 Å². The van der Waals surface area contributed by atoms with E-state index < -0.39 is 10.0 Å². The Morgan fingerprint density at radius 1 is 0.969 bits per heavy atom. The Labute approximate surface area is 187 Å². The second-order valence-electron chi connectivity index (χ2n) is 7.15. The van der Waals surface area contributed by atoms with E-state index in [1.807, 2.05) is 35.0 Å².